The molecule has 7 heterocycles. The van der Waals surface area contributed by atoms with E-state index in [0.29, 0.717) is 45.4 Å². The van der Waals surface area contributed by atoms with Gasteiger partial charge in [0.2, 0.25) is 11.8 Å². The molecule has 0 aromatic carbocycles. The van der Waals surface area contributed by atoms with Gasteiger partial charge in [-0.2, -0.15) is 0 Å². The molecular formula is C85H175N9O9. The van der Waals surface area contributed by atoms with Crippen molar-refractivity contribution in [3.63, 3.8) is 0 Å². The third-order valence-corrected chi connectivity index (χ3v) is 21.7. The number of rotatable bonds is 48. The summed E-state index contributed by atoms with van der Waals surface area (Å²) in [5.41, 5.74) is 0. The number of methoxy groups -OCH3 is 1. The zero-order valence-electron chi connectivity index (χ0n) is 70.8. The van der Waals surface area contributed by atoms with Crippen molar-refractivity contribution >= 4 is 11.8 Å². The fourth-order valence-corrected chi connectivity index (χ4v) is 15.9. The van der Waals surface area contributed by atoms with Crippen LogP contribution in [0.4, 0.5) is 0 Å². The average Bonchev–Trinajstić information content (AvgIpc) is 1.56. The summed E-state index contributed by atoms with van der Waals surface area (Å²) in [6, 6.07) is 4.93. The maximum atomic E-state index is 11.4. The van der Waals surface area contributed by atoms with Gasteiger partial charge in [0.15, 0.2) is 0 Å². The summed E-state index contributed by atoms with van der Waals surface area (Å²) >= 11 is 0. The molecule has 7 aliphatic heterocycles. The van der Waals surface area contributed by atoms with E-state index in [1.165, 1.54) is 239 Å². The zero-order chi connectivity index (χ0) is 75.6. The van der Waals surface area contributed by atoms with Crippen LogP contribution in [0.1, 0.15) is 296 Å². The molecule has 0 radical (unpaired) electrons. The van der Waals surface area contributed by atoms with Gasteiger partial charge in [-0.15, -0.1) is 0 Å². The minimum absolute atomic E-state index is 0.189. The molecule has 614 valence electrons. The molecule has 2 amide bonds. The molecular weight excluding hydrogens is 1290 g/mol. The van der Waals surface area contributed by atoms with Gasteiger partial charge in [-0.3, -0.25) is 19.4 Å². The third-order valence-electron chi connectivity index (χ3n) is 21.7. The lowest BCUT2D eigenvalue weighted by Gasteiger charge is -2.32. The lowest BCUT2D eigenvalue weighted by atomic mass is 10.1. The highest BCUT2D eigenvalue weighted by Gasteiger charge is 2.27. The van der Waals surface area contributed by atoms with E-state index in [4.69, 9.17) is 33.2 Å². The van der Waals surface area contributed by atoms with Gasteiger partial charge in [0.1, 0.15) is 0 Å². The van der Waals surface area contributed by atoms with E-state index in [9.17, 15) is 9.59 Å². The first-order valence-electron chi connectivity index (χ1n) is 44.0. The molecule has 0 aromatic rings. The molecule has 18 heteroatoms. The standard InChI is InChI=1S/C14H29NO3.C13H27NO.C12H24N2O.2C12H25NO.C11H22N2O.C11H23NO/c1-13(2)12-15-6-4-14(5-7-15)18-11-10-17-9-8-16-3;1-3-11-15-12-6-5-9-14-10-7-8-13(14)4-2;1-3-8-13-12(15)7-10-14-9-5-6-11(14)4-2;1-3-10-14-11-6-9-13-8-5-7-12(13)4-2;1-3-12-8-7-10-13(12)9-5-6-11-14-4-2;1-3-10-6-5-8-13(10)9-7-11(14)12-4-2;1-3-11-7-5-8-12(11)9-6-10-13-4-2/h13-14H,4-12H2,1-3H3;13H,3-12H2,1-2H3;11H,3-10H2,1-2H3,(H,13,15);2*12H,3-11H2,1-2H3;10H,3-9H2,1-2H3,(H,12,14);11H,3-10H2,1-2H3/t;13-;11-;2*12-;10-;11-/m.111111/s1. The Labute approximate surface area is 638 Å². The molecule has 0 saturated carbocycles. The Morgan fingerprint density at radius 3 is 1.05 bits per heavy atom. The number of unbranched alkanes of at least 4 members (excludes halogenated alkanes) is 2. The molecule has 0 aromatic heterocycles. The summed E-state index contributed by atoms with van der Waals surface area (Å²) in [6.07, 6.45) is 39.0. The van der Waals surface area contributed by atoms with E-state index in [1.807, 2.05) is 6.92 Å². The van der Waals surface area contributed by atoms with Gasteiger partial charge in [0.25, 0.3) is 0 Å². The van der Waals surface area contributed by atoms with E-state index in [-0.39, 0.29) is 11.8 Å². The number of likely N-dealkylation sites (tertiary alicyclic amines) is 7. The molecule has 18 nitrogen and oxygen atoms in total. The average molecular weight is 1470 g/mol. The van der Waals surface area contributed by atoms with Gasteiger partial charge in [-0.25, -0.2) is 0 Å². The van der Waals surface area contributed by atoms with Crippen molar-refractivity contribution in [2.75, 3.05) is 198 Å². The van der Waals surface area contributed by atoms with Crippen molar-refractivity contribution in [1.29, 1.82) is 0 Å². The number of nitrogens with zero attached hydrogens (tertiary/aromatic N) is 7. The van der Waals surface area contributed by atoms with Crippen LogP contribution in [0.15, 0.2) is 0 Å². The summed E-state index contributed by atoms with van der Waals surface area (Å²) in [5, 5.41) is 5.76. The normalized spacial score (nSPS) is 22.1. The van der Waals surface area contributed by atoms with Gasteiger partial charge >= 0.3 is 0 Å². The molecule has 7 saturated heterocycles. The monoisotopic (exact) mass is 1470 g/mol. The first-order valence-corrected chi connectivity index (χ1v) is 44.0. The Hall–Kier alpha value is -1.62. The molecule has 0 bridgehead atoms. The third kappa shape index (κ3) is 51.5. The highest BCUT2D eigenvalue weighted by molar-refractivity contribution is 5.76. The summed E-state index contributed by atoms with van der Waals surface area (Å²) < 4.78 is 37.7. The highest BCUT2D eigenvalue weighted by Crippen LogP contribution is 2.25. The Morgan fingerprint density at radius 2 is 0.699 bits per heavy atom. The van der Waals surface area contributed by atoms with Gasteiger partial charge in [0, 0.05) is 168 Å². The van der Waals surface area contributed by atoms with Gasteiger partial charge in [0.05, 0.1) is 32.5 Å². The summed E-state index contributed by atoms with van der Waals surface area (Å²) in [7, 11) is 1.69. The Kier molecular flexibility index (Phi) is 68.3. The van der Waals surface area contributed by atoms with Crippen molar-refractivity contribution in [2.45, 2.75) is 338 Å². The first kappa shape index (κ1) is 99.4. The molecule has 103 heavy (non-hydrogen) atoms. The molecule has 0 unspecified atom stereocenters. The van der Waals surface area contributed by atoms with Crippen molar-refractivity contribution in [2.24, 2.45) is 5.92 Å². The maximum absolute atomic E-state index is 11.4. The fourth-order valence-electron chi connectivity index (χ4n) is 15.9. The Morgan fingerprint density at radius 1 is 0.359 bits per heavy atom. The van der Waals surface area contributed by atoms with Crippen LogP contribution in [0, 0.1) is 5.92 Å². The SMILES string of the molecule is CCCNC(=O)CCN1CCC[C@H]1CC.CCCOCCCCN1CCC[C@H]1CC.CCCOCCCN1CCC[C@H]1CC.CCNC(=O)CCN1CCC[C@H]1CC.CCOCCCCN1CCC[C@H]1CC.CCOCCCN1CCC[C@H]1CC.COCCOCCOC1CCN(CC(C)C)CC1. The number of hydrogen-bond donors (Lipinski definition) is 2. The minimum atomic E-state index is 0.189. The smallest absolute Gasteiger partial charge is 0.221 e. The van der Waals surface area contributed by atoms with Crippen LogP contribution in [-0.4, -0.2) is 286 Å². The zero-order valence-corrected chi connectivity index (χ0v) is 70.8. The van der Waals surface area contributed by atoms with Crippen LogP contribution in [0.5, 0.6) is 0 Å². The van der Waals surface area contributed by atoms with E-state index < -0.39 is 0 Å². The molecule has 7 aliphatic rings. The minimum Gasteiger partial charge on any atom is -0.382 e. The van der Waals surface area contributed by atoms with Crippen molar-refractivity contribution < 1.29 is 42.7 Å². The summed E-state index contributed by atoms with van der Waals surface area (Å²) in [6.45, 7) is 60.5. The molecule has 0 spiro atoms. The van der Waals surface area contributed by atoms with Crippen LogP contribution in [0.2, 0.25) is 0 Å². The van der Waals surface area contributed by atoms with E-state index in [0.717, 1.165) is 153 Å². The number of carbonyl (C=O) groups is 2. The second kappa shape index (κ2) is 70.7. The molecule has 7 rings (SSSR count). The van der Waals surface area contributed by atoms with Gasteiger partial charge in [-0.05, 0) is 265 Å². The number of carbonyl (C=O) groups excluding carboxylic acids is 2. The van der Waals surface area contributed by atoms with Crippen LogP contribution >= 0.6 is 0 Å². The van der Waals surface area contributed by atoms with Crippen LogP contribution < -0.4 is 10.6 Å². The maximum Gasteiger partial charge on any atom is 0.221 e. The van der Waals surface area contributed by atoms with Gasteiger partial charge in [-0.1, -0.05) is 76.2 Å². The number of nitrogens with one attached hydrogen (secondary N) is 2. The number of amides is 2. The van der Waals surface area contributed by atoms with E-state index in [1.54, 1.807) is 7.11 Å². The molecule has 0 aliphatic carbocycles. The summed E-state index contributed by atoms with van der Waals surface area (Å²) in [4.78, 5) is 40.7. The van der Waals surface area contributed by atoms with Crippen molar-refractivity contribution in [1.82, 2.24) is 44.9 Å². The van der Waals surface area contributed by atoms with Crippen LogP contribution in [0.25, 0.3) is 0 Å². The predicted molar refractivity (Wildman–Crippen MR) is 436 cm³/mol. The first-order chi connectivity index (χ1) is 50.3. The molecule has 7 fully saturated rings. The molecule has 6 atom stereocenters. The van der Waals surface area contributed by atoms with E-state index in [2.05, 4.69) is 135 Å². The van der Waals surface area contributed by atoms with Crippen LogP contribution in [0.3, 0.4) is 0 Å². The number of ether oxygens (including phenoxy) is 7. The number of hydrogen-bond acceptors (Lipinski definition) is 16. The van der Waals surface area contributed by atoms with Crippen LogP contribution in [-0.2, 0) is 42.7 Å². The van der Waals surface area contributed by atoms with Crippen molar-refractivity contribution in [3.05, 3.63) is 0 Å². The fraction of sp³-hybridized carbons (Fsp3) is 0.976. The largest absolute Gasteiger partial charge is 0.382 e. The lowest BCUT2D eigenvalue weighted by Crippen LogP contribution is -2.39. The molecule has 2 N–H and O–H groups in total. The Bertz CT molecular complexity index is 1800. The van der Waals surface area contributed by atoms with E-state index >= 15 is 0 Å². The number of piperidine rings is 1. The van der Waals surface area contributed by atoms with Gasteiger partial charge < -0.3 is 68.3 Å². The van der Waals surface area contributed by atoms with Crippen molar-refractivity contribution in [3.8, 4) is 0 Å². The highest BCUT2D eigenvalue weighted by atomic mass is 16.5. The summed E-state index contributed by atoms with van der Waals surface area (Å²) in [5.74, 6) is 1.16. The lowest BCUT2D eigenvalue weighted by molar-refractivity contribution is -0.122. The topological polar surface area (TPSA) is 145 Å². The quantitative estimate of drug-likeness (QED) is 0.0557. The second-order valence-corrected chi connectivity index (χ2v) is 30.4. The predicted octanol–water partition coefficient (Wildman–Crippen LogP) is 15.7. The second-order valence-electron chi connectivity index (χ2n) is 30.4. The Balaban J connectivity index is 0.000000602.